The zero-order chi connectivity index (χ0) is 14.7. The highest BCUT2D eigenvalue weighted by molar-refractivity contribution is 6.30. The Labute approximate surface area is 126 Å². The van der Waals surface area contributed by atoms with Gasteiger partial charge in [-0.15, -0.1) is 0 Å². The summed E-state index contributed by atoms with van der Waals surface area (Å²) in [7, 11) is 0. The maximum absolute atomic E-state index is 14.0. The topological polar surface area (TPSA) is 15.3 Å². The van der Waals surface area contributed by atoms with Crippen LogP contribution in [-0.4, -0.2) is 30.1 Å². The second kappa shape index (κ2) is 6.88. The summed E-state index contributed by atoms with van der Waals surface area (Å²) in [6, 6.07) is 5.89. The zero-order valence-corrected chi connectivity index (χ0v) is 13.3. The number of halogens is 2. The van der Waals surface area contributed by atoms with Crippen LogP contribution < -0.4 is 5.32 Å². The Kier molecular flexibility index (Phi) is 5.42. The van der Waals surface area contributed by atoms with Gasteiger partial charge in [-0.3, -0.25) is 4.90 Å². The number of nitrogens with zero attached hydrogens (tertiary/aromatic N) is 1. The molecule has 1 fully saturated rings. The van der Waals surface area contributed by atoms with Crippen molar-refractivity contribution in [2.45, 2.75) is 45.8 Å². The first-order chi connectivity index (χ1) is 9.51. The lowest BCUT2D eigenvalue weighted by molar-refractivity contribution is 0.0874. The van der Waals surface area contributed by atoms with Gasteiger partial charge in [0, 0.05) is 42.3 Å². The van der Waals surface area contributed by atoms with Crippen LogP contribution in [0.2, 0.25) is 5.02 Å². The molecule has 0 amide bonds. The molecule has 1 aliphatic rings. The van der Waals surface area contributed by atoms with E-state index < -0.39 is 0 Å². The van der Waals surface area contributed by atoms with Crippen LogP contribution in [0.3, 0.4) is 0 Å². The molecular weight excluding hydrogens is 275 g/mol. The predicted octanol–water partition coefficient (Wildman–Crippen LogP) is 3.69. The van der Waals surface area contributed by atoms with Crippen LogP contribution in [0.4, 0.5) is 4.39 Å². The van der Waals surface area contributed by atoms with Crippen molar-refractivity contribution >= 4 is 11.6 Å². The highest BCUT2D eigenvalue weighted by atomic mass is 35.5. The summed E-state index contributed by atoms with van der Waals surface area (Å²) in [5, 5.41) is 3.99. The Balaban J connectivity index is 2.14. The molecule has 2 nitrogen and oxygen atoms in total. The van der Waals surface area contributed by atoms with Crippen molar-refractivity contribution in [1.82, 2.24) is 10.2 Å². The fourth-order valence-electron chi connectivity index (χ4n) is 2.89. The molecule has 3 atom stereocenters. The van der Waals surface area contributed by atoms with Crippen LogP contribution >= 0.6 is 11.6 Å². The van der Waals surface area contributed by atoms with E-state index in [1.165, 1.54) is 6.07 Å². The number of hydrogen-bond donors (Lipinski definition) is 1. The van der Waals surface area contributed by atoms with E-state index in [1.807, 2.05) is 0 Å². The standard InChI is InChI=1S/C16H24ClFN2/c1-4-11(2)16-8-19-12(3)9-20(16)10-13-5-6-14(17)7-15(13)18/h5-7,11-12,16,19H,4,8-10H2,1-3H3. The minimum atomic E-state index is -0.202. The number of hydrogen-bond acceptors (Lipinski definition) is 2. The van der Waals surface area contributed by atoms with Crippen LogP contribution in [0, 0.1) is 11.7 Å². The molecular formula is C16H24ClFN2. The Morgan fingerprint density at radius 1 is 1.50 bits per heavy atom. The molecule has 1 aliphatic heterocycles. The van der Waals surface area contributed by atoms with Gasteiger partial charge in [-0.2, -0.15) is 0 Å². The van der Waals surface area contributed by atoms with Crippen LogP contribution in [0.5, 0.6) is 0 Å². The van der Waals surface area contributed by atoms with E-state index in [1.54, 1.807) is 12.1 Å². The lowest BCUT2D eigenvalue weighted by atomic mass is 9.94. The zero-order valence-electron chi connectivity index (χ0n) is 12.5. The van der Waals surface area contributed by atoms with Crippen molar-refractivity contribution in [3.8, 4) is 0 Å². The second-order valence-electron chi connectivity index (χ2n) is 5.93. The van der Waals surface area contributed by atoms with Gasteiger partial charge < -0.3 is 5.32 Å². The average molecular weight is 299 g/mol. The average Bonchev–Trinajstić information content (AvgIpc) is 2.41. The Morgan fingerprint density at radius 2 is 2.25 bits per heavy atom. The summed E-state index contributed by atoms with van der Waals surface area (Å²) in [6.45, 7) is 9.25. The largest absolute Gasteiger partial charge is 0.311 e. The van der Waals surface area contributed by atoms with E-state index in [0.29, 0.717) is 29.6 Å². The fourth-order valence-corrected chi connectivity index (χ4v) is 3.05. The molecule has 2 rings (SSSR count). The van der Waals surface area contributed by atoms with Gasteiger partial charge in [0.1, 0.15) is 5.82 Å². The number of nitrogens with one attached hydrogen (secondary N) is 1. The molecule has 3 unspecified atom stereocenters. The normalized spacial score (nSPS) is 25.6. The van der Waals surface area contributed by atoms with Gasteiger partial charge >= 0.3 is 0 Å². The molecule has 0 aromatic heterocycles. The Hall–Kier alpha value is -0.640. The SMILES string of the molecule is CCC(C)C1CNC(C)CN1Cc1ccc(Cl)cc1F. The first-order valence-corrected chi connectivity index (χ1v) is 7.80. The van der Waals surface area contributed by atoms with Gasteiger partial charge in [0.05, 0.1) is 0 Å². The molecule has 0 aliphatic carbocycles. The van der Waals surface area contributed by atoms with Crippen LogP contribution in [0.25, 0.3) is 0 Å². The van der Waals surface area contributed by atoms with Crippen molar-refractivity contribution in [1.29, 1.82) is 0 Å². The lowest BCUT2D eigenvalue weighted by Gasteiger charge is -2.42. The summed E-state index contributed by atoms with van der Waals surface area (Å²) in [5.41, 5.74) is 0.733. The predicted molar refractivity (Wildman–Crippen MR) is 82.5 cm³/mol. The monoisotopic (exact) mass is 298 g/mol. The second-order valence-corrected chi connectivity index (χ2v) is 6.36. The minimum Gasteiger partial charge on any atom is -0.311 e. The molecule has 1 heterocycles. The van der Waals surface area contributed by atoms with Gasteiger partial charge in [0.2, 0.25) is 0 Å². The van der Waals surface area contributed by atoms with Gasteiger partial charge in [0.15, 0.2) is 0 Å². The molecule has 0 spiro atoms. The summed E-state index contributed by atoms with van der Waals surface area (Å²) in [4.78, 5) is 2.40. The summed E-state index contributed by atoms with van der Waals surface area (Å²) in [5.74, 6) is 0.400. The fraction of sp³-hybridized carbons (Fsp3) is 0.625. The third-order valence-electron chi connectivity index (χ3n) is 4.34. The molecule has 0 saturated carbocycles. The van der Waals surface area contributed by atoms with Crippen molar-refractivity contribution < 1.29 is 4.39 Å². The maximum Gasteiger partial charge on any atom is 0.129 e. The van der Waals surface area contributed by atoms with Crippen molar-refractivity contribution in [3.05, 3.63) is 34.6 Å². The number of benzene rings is 1. The molecule has 1 saturated heterocycles. The quantitative estimate of drug-likeness (QED) is 0.912. The molecule has 1 N–H and O–H groups in total. The Bertz CT molecular complexity index is 452. The molecule has 0 bridgehead atoms. The molecule has 112 valence electrons. The van der Waals surface area contributed by atoms with E-state index in [-0.39, 0.29) is 5.82 Å². The number of rotatable bonds is 4. The summed E-state index contributed by atoms with van der Waals surface area (Å²) < 4.78 is 14.0. The smallest absolute Gasteiger partial charge is 0.129 e. The highest BCUT2D eigenvalue weighted by Crippen LogP contribution is 2.22. The minimum absolute atomic E-state index is 0.202. The Morgan fingerprint density at radius 3 is 2.90 bits per heavy atom. The highest BCUT2D eigenvalue weighted by Gasteiger charge is 2.29. The van der Waals surface area contributed by atoms with Crippen molar-refractivity contribution in [3.63, 3.8) is 0 Å². The summed E-state index contributed by atoms with van der Waals surface area (Å²) >= 11 is 5.82. The first-order valence-electron chi connectivity index (χ1n) is 7.42. The van der Waals surface area contributed by atoms with Gasteiger partial charge in [0.25, 0.3) is 0 Å². The maximum atomic E-state index is 14.0. The molecule has 1 aromatic carbocycles. The summed E-state index contributed by atoms with van der Waals surface area (Å²) in [6.07, 6.45) is 1.14. The molecule has 1 aromatic rings. The van der Waals surface area contributed by atoms with Gasteiger partial charge in [-0.1, -0.05) is 37.9 Å². The molecule has 20 heavy (non-hydrogen) atoms. The third-order valence-corrected chi connectivity index (χ3v) is 4.58. The third kappa shape index (κ3) is 3.72. The van der Waals surface area contributed by atoms with Gasteiger partial charge in [-0.25, -0.2) is 4.39 Å². The van der Waals surface area contributed by atoms with E-state index in [0.717, 1.165) is 25.1 Å². The molecule has 0 radical (unpaired) electrons. The van der Waals surface area contributed by atoms with E-state index in [9.17, 15) is 4.39 Å². The van der Waals surface area contributed by atoms with Crippen molar-refractivity contribution in [2.75, 3.05) is 13.1 Å². The van der Waals surface area contributed by atoms with Crippen LogP contribution in [0.1, 0.15) is 32.8 Å². The number of piperazine rings is 1. The van der Waals surface area contributed by atoms with Crippen LogP contribution in [-0.2, 0) is 6.54 Å². The lowest BCUT2D eigenvalue weighted by Crippen LogP contribution is -2.57. The first kappa shape index (κ1) is 15.7. The van der Waals surface area contributed by atoms with Crippen molar-refractivity contribution in [2.24, 2.45) is 5.92 Å². The van der Waals surface area contributed by atoms with E-state index >= 15 is 0 Å². The van der Waals surface area contributed by atoms with Gasteiger partial charge in [-0.05, 0) is 25.0 Å². The molecule has 4 heteroatoms. The van der Waals surface area contributed by atoms with Crippen LogP contribution in [0.15, 0.2) is 18.2 Å². The van der Waals surface area contributed by atoms with E-state index in [2.05, 4.69) is 31.0 Å². The van der Waals surface area contributed by atoms with E-state index in [4.69, 9.17) is 11.6 Å².